The van der Waals surface area contributed by atoms with Gasteiger partial charge in [0.2, 0.25) is 0 Å². The van der Waals surface area contributed by atoms with Gasteiger partial charge < -0.3 is 10.6 Å². The van der Waals surface area contributed by atoms with Gasteiger partial charge in [-0.2, -0.15) is 0 Å². The molecule has 0 spiro atoms. The lowest BCUT2D eigenvalue weighted by molar-refractivity contribution is 0.0945. The Morgan fingerprint density at radius 3 is 1.66 bits per heavy atom. The zero-order valence-corrected chi connectivity index (χ0v) is 17.4. The first kappa shape index (κ1) is 22.4. The van der Waals surface area contributed by atoms with Gasteiger partial charge in [-0.05, 0) is 36.4 Å². The Morgan fingerprint density at radius 2 is 1.22 bits per heavy atom. The van der Waals surface area contributed by atoms with Gasteiger partial charge in [0.1, 0.15) is 11.4 Å². The van der Waals surface area contributed by atoms with Gasteiger partial charge in [-0.3, -0.25) is 29.5 Å². The molecule has 0 aliphatic carbocycles. The number of nitrogens with zero attached hydrogens (tertiary/aromatic N) is 5. The van der Waals surface area contributed by atoms with E-state index in [1.54, 1.807) is 43.0 Å². The second kappa shape index (κ2) is 12.4. The zero-order valence-electron chi connectivity index (χ0n) is 17.4. The van der Waals surface area contributed by atoms with E-state index in [0.717, 1.165) is 11.4 Å². The Balaban J connectivity index is 1.41. The number of carbonyl (C=O) groups is 2. The summed E-state index contributed by atoms with van der Waals surface area (Å²) < 4.78 is 0. The molecule has 3 heterocycles. The summed E-state index contributed by atoms with van der Waals surface area (Å²) in [4.78, 5) is 45.4. The van der Waals surface area contributed by atoms with Crippen LogP contribution in [0, 0.1) is 0 Å². The summed E-state index contributed by atoms with van der Waals surface area (Å²) in [5, 5.41) is 5.47. The number of nitrogens with one attached hydrogen (secondary N) is 2. The van der Waals surface area contributed by atoms with Crippen LogP contribution in [0.2, 0.25) is 0 Å². The smallest absolute Gasteiger partial charge is 0.269 e. The van der Waals surface area contributed by atoms with E-state index in [0.29, 0.717) is 26.2 Å². The van der Waals surface area contributed by atoms with Crippen molar-refractivity contribution in [3.8, 4) is 0 Å². The summed E-state index contributed by atoms with van der Waals surface area (Å²) in [7, 11) is 0. The normalized spacial score (nSPS) is 11.0. The first-order valence-corrected chi connectivity index (χ1v) is 10.1. The fraction of sp³-hybridized carbons (Fsp3) is 0.174. The van der Waals surface area contributed by atoms with Crippen LogP contribution < -0.4 is 10.6 Å². The van der Waals surface area contributed by atoms with Gasteiger partial charge in [-0.1, -0.05) is 18.2 Å². The van der Waals surface area contributed by atoms with E-state index in [1.165, 1.54) is 0 Å². The van der Waals surface area contributed by atoms with Crippen LogP contribution in [0.15, 0.2) is 77.0 Å². The van der Waals surface area contributed by atoms with E-state index >= 15 is 0 Å². The third kappa shape index (κ3) is 7.52. The highest BCUT2D eigenvalue weighted by Crippen LogP contribution is 2.00. The fourth-order valence-electron chi connectivity index (χ4n) is 2.56. The molecule has 2 N–H and O–H groups in total. The summed E-state index contributed by atoms with van der Waals surface area (Å²) in [5.41, 5.74) is 1.84. The average Bonchev–Trinajstić information content (AvgIpc) is 2.84. The van der Waals surface area contributed by atoms with Crippen LogP contribution >= 0.6 is 0 Å². The monoisotopic (exact) mass is 429 g/mol. The molecule has 0 bridgehead atoms. The van der Waals surface area contributed by atoms with Gasteiger partial charge in [0.25, 0.3) is 11.8 Å². The van der Waals surface area contributed by atoms with Crippen molar-refractivity contribution in [1.29, 1.82) is 0 Å². The van der Waals surface area contributed by atoms with Gasteiger partial charge in [0.05, 0.1) is 24.5 Å². The van der Waals surface area contributed by atoms with Crippen molar-refractivity contribution in [1.82, 2.24) is 25.6 Å². The second-order valence-electron chi connectivity index (χ2n) is 6.50. The molecule has 9 nitrogen and oxygen atoms in total. The molecule has 162 valence electrons. The topological polar surface area (TPSA) is 122 Å². The number of hydrogen-bond donors (Lipinski definition) is 2. The lowest BCUT2D eigenvalue weighted by Crippen LogP contribution is -2.30. The molecule has 0 saturated carbocycles. The van der Waals surface area contributed by atoms with E-state index in [-0.39, 0.29) is 23.2 Å². The second-order valence-corrected chi connectivity index (χ2v) is 6.50. The highest BCUT2D eigenvalue weighted by Gasteiger charge is 2.11. The zero-order chi connectivity index (χ0) is 22.4. The molecule has 9 heteroatoms. The number of amides is 2. The van der Waals surface area contributed by atoms with Crippen molar-refractivity contribution in [3.05, 3.63) is 89.8 Å². The van der Waals surface area contributed by atoms with Crippen molar-refractivity contribution in [2.75, 3.05) is 26.2 Å². The van der Waals surface area contributed by atoms with E-state index in [2.05, 4.69) is 35.6 Å². The molecule has 32 heavy (non-hydrogen) atoms. The number of aromatic nitrogens is 3. The molecule has 0 radical (unpaired) electrons. The molecular weight excluding hydrogens is 406 g/mol. The van der Waals surface area contributed by atoms with E-state index in [9.17, 15) is 9.59 Å². The van der Waals surface area contributed by atoms with Crippen LogP contribution in [-0.2, 0) is 0 Å². The minimum atomic E-state index is -0.368. The highest BCUT2D eigenvalue weighted by molar-refractivity contribution is 5.96. The lowest BCUT2D eigenvalue weighted by atomic mass is 10.2. The molecule has 3 rings (SSSR count). The van der Waals surface area contributed by atoms with Crippen molar-refractivity contribution in [2.45, 2.75) is 0 Å². The molecule has 2 amide bonds. The number of pyridine rings is 3. The summed E-state index contributed by atoms with van der Waals surface area (Å²) >= 11 is 0. The first-order valence-electron chi connectivity index (χ1n) is 10.1. The third-order valence-corrected chi connectivity index (χ3v) is 4.09. The minimum Gasteiger partial charge on any atom is -0.349 e. The molecule has 0 saturated heterocycles. The average molecular weight is 429 g/mol. The third-order valence-electron chi connectivity index (χ3n) is 4.09. The van der Waals surface area contributed by atoms with Gasteiger partial charge in [0.15, 0.2) is 0 Å². The van der Waals surface area contributed by atoms with Gasteiger partial charge >= 0.3 is 0 Å². The van der Waals surface area contributed by atoms with Crippen LogP contribution in [0.4, 0.5) is 0 Å². The molecule has 3 aromatic rings. The Bertz CT molecular complexity index is 987. The molecule has 3 aromatic heterocycles. The largest absolute Gasteiger partial charge is 0.349 e. The van der Waals surface area contributed by atoms with Gasteiger partial charge in [-0.15, -0.1) is 0 Å². The molecule has 0 unspecified atom stereocenters. The number of rotatable bonds is 10. The van der Waals surface area contributed by atoms with Crippen LogP contribution in [0.5, 0.6) is 0 Å². The van der Waals surface area contributed by atoms with Crippen molar-refractivity contribution in [3.63, 3.8) is 0 Å². The first-order chi connectivity index (χ1) is 15.7. The van der Waals surface area contributed by atoms with Crippen molar-refractivity contribution < 1.29 is 9.59 Å². The van der Waals surface area contributed by atoms with Gasteiger partial charge in [-0.25, -0.2) is 4.98 Å². The summed E-state index contributed by atoms with van der Waals surface area (Å²) in [6, 6.07) is 15.8. The number of carbonyl (C=O) groups excluding carboxylic acids is 2. The molecular formula is C23H23N7O2. The summed E-state index contributed by atoms with van der Waals surface area (Å²) in [5.74, 6) is -0.736. The Hall–Kier alpha value is -4.27. The molecule has 0 aliphatic rings. The SMILES string of the molecule is O=C(NCCN=Cc1ccccn1)c1cccc(C(=O)NCCN=Cc2ccccn2)n1. The van der Waals surface area contributed by atoms with Crippen LogP contribution in [0.1, 0.15) is 32.4 Å². The van der Waals surface area contributed by atoms with Crippen molar-refractivity contribution >= 4 is 24.2 Å². The Labute approximate surface area is 185 Å². The summed E-state index contributed by atoms with van der Waals surface area (Å²) in [6.45, 7) is 1.49. The minimum absolute atomic E-state index is 0.166. The molecule has 0 fully saturated rings. The maximum atomic E-state index is 12.3. The van der Waals surface area contributed by atoms with Crippen molar-refractivity contribution in [2.24, 2.45) is 9.98 Å². The molecule has 0 aliphatic heterocycles. The lowest BCUT2D eigenvalue weighted by Gasteiger charge is -2.06. The fourth-order valence-corrected chi connectivity index (χ4v) is 2.56. The Kier molecular flexibility index (Phi) is 8.71. The predicted molar refractivity (Wildman–Crippen MR) is 122 cm³/mol. The number of aliphatic imine (C=N–C) groups is 2. The maximum Gasteiger partial charge on any atom is 0.269 e. The number of hydrogen-bond acceptors (Lipinski definition) is 7. The van der Waals surface area contributed by atoms with E-state index in [1.807, 2.05) is 36.4 Å². The van der Waals surface area contributed by atoms with Crippen LogP contribution in [0.25, 0.3) is 0 Å². The Morgan fingerprint density at radius 1 is 0.719 bits per heavy atom. The van der Waals surface area contributed by atoms with Crippen LogP contribution in [0.3, 0.4) is 0 Å². The quantitative estimate of drug-likeness (QED) is 0.374. The summed E-state index contributed by atoms with van der Waals surface area (Å²) in [6.07, 6.45) is 6.67. The molecule has 0 atom stereocenters. The van der Waals surface area contributed by atoms with Gasteiger partial charge in [0, 0.05) is 37.9 Å². The van der Waals surface area contributed by atoms with E-state index < -0.39 is 0 Å². The standard InChI is InChI=1S/C23H23N7O2/c31-22(28-14-12-24-16-18-6-1-3-10-26-18)20-8-5-9-21(30-20)23(32)29-15-13-25-17-19-7-2-4-11-27-19/h1-11,16-17H,12-15H2,(H,28,31)(H,29,32). The highest BCUT2D eigenvalue weighted by atomic mass is 16.2. The predicted octanol–water partition coefficient (Wildman–Crippen LogP) is 1.57. The maximum absolute atomic E-state index is 12.3. The molecule has 0 aromatic carbocycles. The van der Waals surface area contributed by atoms with Crippen LogP contribution in [-0.4, -0.2) is 65.4 Å². The van der Waals surface area contributed by atoms with E-state index in [4.69, 9.17) is 0 Å².